The highest BCUT2D eigenvalue weighted by atomic mass is 79.9. The lowest BCUT2D eigenvalue weighted by atomic mass is 10.1. The molecular weight excluding hydrogens is 422 g/mol. The summed E-state index contributed by atoms with van der Waals surface area (Å²) in [5, 5.41) is 13.7. The number of ether oxygens (including phenoxy) is 1. The third-order valence-electron chi connectivity index (χ3n) is 3.62. The molecule has 0 aliphatic rings. The minimum atomic E-state index is -0.788. The van der Waals surface area contributed by atoms with Gasteiger partial charge in [-0.05, 0) is 18.2 Å². The molecule has 0 fully saturated rings. The Morgan fingerprint density at radius 2 is 1.93 bits per heavy atom. The summed E-state index contributed by atoms with van der Waals surface area (Å²) in [6.07, 6.45) is 0. The van der Waals surface area contributed by atoms with Gasteiger partial charge in [0.1, 0.15) is 5.52 Å². The number of oxazole rings is 1. The normalized spacial score (nSPS) is 10.6. The van der Waals surface area contributed by atoms with Gasteiger partial charge >= 0.3 is 5.97 Å². The molecular formula is C17H12BrN3O6. The van der Waals surface area contributed by atoms with E-state index in [4.69, 9.17) is 4.42 Å². The zero-order valence-corrected chi connectivity index (χ0v) is 15.7. The van der Waals surface area contributed by atoms with Crippen molar-refractivity contribution in [3.8, 4) is 0 Å². The first kappa shape index (κ1) is 18.5. The fourth-order valence-electron chi connectivity index (χ4n) is 2.48. The van der Waals surface area contributed by atoms with Gasteiger partial charge in [0.2, 0.25) is 0 Å². The molecule has 2 aromatic carbocycles. The van der Waals surface area contributed by atoms with Crippen LogP contribution in [0.25, 0.3) is 11.1 Å². The minimum absolute atomic E-state index is 0.0750. The number of nitro benzene ring substituents is 1. The van der Waals surface area contributed by atoms with Crippen molar-refractivity contribution in [1.82, 2.24) is 4.98 Å². The van der Waals surface area contributed by atoms with Crippen LogP contribution >= 0.6 is 15.9 Å². The van der Waals surface area contributed by atoms with E-state index in [-0.39, 0.29) is 11.1 Å². The Bertz CT molecular complexity index is 1090. The van der Waals surface area contributed by atoms with E-state index in [1.165, 1.54) is 6.07 Å². The van der Waals surface area contributed by atoms with Gasteiger partial charge < -0.3 is 14.5 Å². The van der Waals surface area contributed by atoms with Crippen LogP contribution in [-0.2, 0) is 4.74 Å². The van der Waals surface area contributed by atoms with E-state index >= 15 is 0 Å². The summed E-state index contributed by atoms with van der Waals surface area (Å²) in [4.78, 5) is 39.0. The highest BCUT2D eigenvalue weighted by Gasteiger charge is 2.20. The monoisotopic (exact) mass is 433 g/mol. The van der Waals surface area contributed by atoms with Crippen LogP contribution < -0.4 is 5.32 Å². The zero-order valence-electron chi connectivity index (χ0n) is 14.1. The van der Waals surface area contributed by atoms with Crippen LogP contribution in [-0.4, -0.2) is 28.9 Å². The predicted octanol–water partition coefficient (Wildman–Crippen LogP) is 3.85. The topological polar surface area (TPSA) is 125 Å². The number of rotatable bonds is 4. The molecule has 0 unspecified atom stereocenters. The summed E-state index contributed by atoms with van der Waals surface area (Å²) in [6, 6.07) is 6.67. The standard InChI is InChI=1S/C17H12BrN3O6/c1-8-19-13-6-11(18)7-14(15(13)27-8)20-16(22)9-3-10(17(23)26-2)5-12(4-9)21(24)25/h3-7H,1-2H3,(H,20,22). The molecule has 0 spiro atoms. The number of halogens is 1. The first-order valence-electron chi connectivity index (χ1n) is 7.54. The number of nitrogens with one attached hydrogen (secondary N) is 1. The van der Waals surface area contributed by atoms with Crippen molar-refractivity contribution in [2.45, 2.75) is 6.92 Å². The number of carbonyl (C=O) groups excluding carboxylic acids is 2. The van der Waals surface area contributed by atoms with Crippen LogP contribution in [0.15, 0.2) is 39.2 Å². The lowest BCUT2D eigenvalue weighted by Crippen LogP contribution is -2.14. The number of aryl methyl sites for hydroxylation is 1. The number of non-ortho nitro benzene ring substituents is 1. The van der Waals surface area contributed by atoms with Gasteiger partial charge in [-0.25, -0.2) is 9.78 Å². The number of amides is 1. The van der Waals surface area contributed by atoms with Crippen molar-refractivity contribution < 1.29 is 23.7 Å². The number of carbonyl (C=O) groups is 2. The van der Waals surface area contributed by atoms with Crippen LogP contribution in [0.5, 0.6) is 0 Å². The molecule has 138 valence electrons. The Labute approximate surface area is 160 Å². The van der Waals surface area contributed by atoms with E-state index in [0.29, 0.717) is 27.2 Å². The number of anilines is 1. The van der Waals surface area contributed by atoms with Crippen molar-refractivity contribution in [2.75, 3.05) is 12.4 Å². The number of nitrogens with zero attached hydrogens (tertiary/aromatic N) is 2. The van der Waals surface area contributed by atoms with Crippen molar-refractivity contribution in [1.29, 1.82) is 0 Å². The molecule has 0 saturated heterocycles. The smallest absolute Gasteiger partial charge is 0.338 e. The summed E-state index contributed by atoms with van der Waals surface area (Å²) >= 11 is 3.33. The summed E-state index contributed by atoms with van der Waals surface area (Å²) < 4.78 is 10.7. The van der Waals surface area contributed by atoms with Gasteiger partial charge in [-0.15, -0.1) is 0 Å². The number of nitro groups is 1. The maximum atomic E-state index is 12.7. The average Bonchev–Trinajstić information content (AvgIpc) is 3.00. The molecule has 1 amide bonds. The van der Waals surface area contributed by atoms with E-state index in [1.54, 1.807) is 19.1 Å². The summed E-state index contributed by atoms with van der Waals surface area (Å²) in [7, 11) is 1.14. The molecule has 1 heterocycles. The minimum Gasteiger partial charge on any atom is -0.465 e. The first-order chi connectivity index (χ1) is 12.8. The SMILES string of the molecule is COC(=O)c1cc(C(=O)Nc2cc(Br)cc3nc(C)oc23)cc([N+](=O)[O-])c1. The molecule has 0 aliphatic carbocycles. The van der Waals surface area contributed by atoms with Crippen molar-refractivity contribution in [3.63, 3.8) is 0 Å². The largest absolute Gasteiger partial charge is 0.465 e. The Morgan fingerprint density at radius 1 is 1.22 bits per heavy atom. The van der Waals surface area contributed by atoms with E-state index in [9.17, 15) is 19.7 Å². The van der Waals surface area contributed by atoms with Gasteiger partial charge in [-0.3, -0.25) is 14.9 Å². The zero-order chi connectivity index (χ0) is 19.7. The predicted molar refractivity (Wildman–Crippen MR) is 98.8 cm³/mol. The number of hydrogen-bond donors (Lipinski definition) is 1. The fraction of sp³-hybridized carbons (Fsp3) is 0.118. The first-order valence-corrected chi connectivity index (χ1v) is 8.33. The second kappa shape index (κ2) is 7.16. The van der Waals surface area contributed by atoms with Gasteiger partial charge in [0.25, 0.3) is 11.6 Å². The maximum absolute atomic E-state index is 12.7. The Morgan fingerprint density at radius 3 is 2.59 bits per heavy atom. The third-order valence-corrected chi connectivity index (χ3v) is 4.08. The summed E-state index contributed by atoms with van der Waals surface area (Å²) in [5.41, 5.74) is 0.642. The number of aromatic nitrogens is 1. The van der Waals surface area contributed by atoms with Crippen LogP contribution in [0.2, 0.25) is 0 Å². The summed E-state index contributed by atoms with van der Waals surface area (Å²) in [5.74, 6) is -1.03. The second-order valence-corrected chi connectivity index (χ2v) is 6.42. The fourth-order valence-corrected chi connectivity index (χ4v) is 2.93. The number of benzene rings is 2. The van der Waals surface area contributed by atoms with Crippen LogP contribution in [0.1, 0.15) is 26.6 Å². The molecule has 27 heavy (non-hydrogen) atoms. The van der Waals surface area contributed by atoms with Crippen LogP contribution in [0.3, 0.4) is 0 Å². The van der Waals surface area contributed by atoms with Gasteiger partial charge in [-0.1, -0.05) is 15.9 Å². The number of fused-ring (bicyclic) bond motifs is 1. The molecule has 1 N–H and O–H groups in total. The number of esters is 1. The van der Waals surface area contributed by atoms with Gasteiger partial charge in [0.15, 0.2) is 11.5 Å². The highest BCUT2D eigenvalue weighted by molar-refractivity contribution is 9.10. The second-order valence-electron chi connectivity index (χ2n) is 5.51. The Kier molecular flexibility index (Phi) is 4.91. The third kappa shape index (κ3) is 3.80. The Hall–Kier alpha value is -3.27. The molecule has 10 heteroatoms. The van der Waals surface area contributed by atoms with Crippen molar-refractivity contribution in [3.05, 3.63) is 61.9 Å². The lowest BCUT2D eigenvalue weighted by Gasteiger charge is -2.08. The van der Waals surface area contributed by atoms with E-state index in [2.05, 4.69) is 31.0 Å². The van der Waals surface area contributed by atoms with Crippen LogP contribution in [0, 0.1) is 17.0 Å². The lowest BCUT2D eigenvalue weighted by molar-refractivity contribution is -0.384. The number of hydrogen-bond acceptors (Lipinski definition) is 7. The van der Waals surface area contributed by atoms with E-state index < -0.39 is 22.5 Å². The van der Waals surface area contributed by atoms with Gasteiger partial charge in [0.05, 0.1) is 23.3 Å². The molecule has 0 saturated carbocycles. The highest BCUT2D eigenvalue weighted by Crippen LogP contribution is 2.29. The van der Waals surface area contributed by atoms with Gasteiger partial charge in [0, 0.05) is 29.1 Å². The van der Waals surface area contributed by atoms with E-state index in [1.807, 2.05) is 0 Å². The molecule has 0 radical (unpaired) electrons. The molecule has 9 nitrogen and oxygen atoms in total. The van der Waals surface area contributed by atoms with Crippen molar-refractivity contribution in [2.24, 2.45) is 0 Å². The Balaban J connectivity index is 2.03. The quantitative estimate of drug-likeness (QED) is 0.376. The molecule has 3 rings (SSSR count). The van der Waals surface area contributed by atoms with Crippen molar-refractivity contribution >= 4 is 50.3 Å². The van der Waals surface area contributed by atoms with E-state index in [0.717, 1.165) is 19.2 Å². The number of methoxy groups -OCH3 is 1. The maximum Gasteiger partial charge on any atom is 0.338 e. The van der Waals surface area contributed by atoms with Gasteiger partial charge in [-0.2, -0.15) is 0 Å². The molecule has 3 aromatic rings. The molecule has 0 bridgehead atoms. The van der Waals surface area contributed by atoms with Crippen LogP contribution in [0.4, 0.5) is 11.4 Å². The molecule has 0 atom stereocenters. The molecule has 1 aromatic heterocycles. The molecule has 0 aliphatic heterocycles. The summed E-state index contributed by atoms with van der Waals surface area (Å²) in [6.45, 7) is 1.67. The average molecular weight is 434 g/mol.